The summed E-state index contributed by atoms with van der Waals surface area (Å²) in [7, 11) is 3.07. The Balaban J connectivity index is 2.80. The van der Waals surface area contributed by atoms with E-state index in [1.54, 1.807) is 32.0 Å². The fourth-order valence-electron chi connectivity index (χ4n) is 1.75. The maximum absolute atomic E-state index is 11.7. The molecule has 0 aliphatic rings. The van der Waals surface area contributed by atoms with Crippen molar-refractivity contribution in [3.63, 3.8) is 0 Å². The Morgan fingerprint density at radius 3 is 2.14 bits per heavy atom. The standard InChI is InChI=1S/C15H21NO6/c1-15(2,22-14(19)16-6-5-13(17)18)10-7-11(20-3)9-12(8-10)21-4/h7-9H,5-6H2,1-4H3,(H,16,19)(H,17,18). The zero-order valence-corrected chi connectivity index (χ0v) is 13.1. The van der Waals surface area contributed by atoms with Gasteiger partial charge in [0.1, 0.15) is 17.1 Å². The van der Waals surface area contributed by atoms with Crippen molar-refractivity contribution in [3.8, 4) is 11.5 Å². The van der Waals surface area contributed by atoms with Crippen molar-refractivity contribution < 1.29 is 28.9 Å². The highest BCUT2D eigenvalue weighted by Gasteiger charge is 2.26. The lowest BCUT2D eigenvalue weighted by atomic mass is 9.97. The van der Waals surface area contributed by atoms with Crippen LogP contribution in [0.25, 0.3) is 0 Å². The van der Waals surface area contributed by atoms with E-state index in [1.807, 2.05) is 0 Å². The van der Waals surface area contributed by atoms with Crippen molar-refractivity contribution in [2.75, 3.05) is 20.8 Å². The third kappa shape index (κ3) is 5.16. The minimum atomic E-state index is -0.989. The Morgan fingerprint density at radius 1 is 1.14 bits per heavy atom. The van der Waals surface area contributed by atoms with E-state index in [9.17, 15) is 9.59 Å². The van der Waals surface area contributed by atoms with Gasteiger partial charge >= 0.3 is 12.1 Å². The highest BCUT2D eigenvalue weighted by atomic mass is 16.6. The van der Waals surface area contributed by atoms with Gasteiger partial charge in [0.05, 0.1) is 20.6 Å². The number of benzene rings is 1. The number of amides is 1. The van der Waals surface area contributed by atoms with Crippen molar-refractivity contribution >= 4 is 12.1 Å². The third-order valence-corrected chi connectivity index (χ3v) is 3.00. The number of carbonyl (C=O) groups excluding carboxylic acids is 1. The number of carboxylic acid groups (broad SMARTS) is 1. The van der Waals surface area contributed by atoms with Gasteiger partial charge in [-0.1, -0.05) is 0 Å². The molecule has 22 heavy (non-hydrogen) atoms. The molecule has 0 saturated carbocycles. The molecule has 7 nitrogen and oxygen atoms in total. The molecule has 0 aliphatic carbocycles. The predicted molar refractivity (Wildman–Crippen MR) is 79.3 cm³/mol. The second kappa shape index (κ2) is 7.53. The number of alkyl carbamates (subject to hydrolysis) is 1. The molecular weight excluding hydrogens is 290 g/mol. The van der Waals surface area contributed by atoms with Crippen molar-refractivity contribution in [2.45, 2.75) is 25.9 Å². The first-order chi connectivity index (χ1) is 10.3. The summed E-state index contributed by atoms with van der Waals surface area (Å²) in [6.45, 7) is 3.45. The summed E-state index contributed by atoms with van der Waals surface area (Å²) < 4.78 is 15.7. The van der Waals surface area contributed by atoms with E-state index in [4.69, 9.17) is 19.3 Å². The van der Waals surface area contributed by atoms with E-state index in [0.717, 1.165) is 0 Å². The lowest BCUT2D eigenvalue weighted by molar-refractivity contribution is -0.136. The Labute approximate surface area is 129 Å². The minimum absolute atomic E-state index is 0.00563. The average Bonchev–Trinajstić information content (AvgIpc) is 2.45. The lowest BCUT2D eigenvalue weighted by Crippen LogP contribution is -2.34. The third-order valence-electron chi connectivity index (χ3n) is 3.00. The van der Waals surface area contributed by atoms with Gasteiger partial charge in [0.2, 0.25) is 0 Å². The van der Waals surface area contributed by atoms with Gasteiger partial charge in [-0.2, -0.15) is 0 Å². The zero-order chi connectivity index (χ0) is 16.8. The molecule has 2 N–H and O–H groups in total. The van der Waals surface area contributed by atoms with Crippen LogP contribution in [0.5, 0.6) is 11.5 Å². The number of aliphatic carboxylic acids is 1. The highest BCUT2D eigenvalue weighted by Crippen LogP contribution is 2.32. The van der Waals surface area contributed by atoms with E-state index < -0.39 is 17.7 Å². The van der Waals surface area contributed by atoms with Crippen LogP contribution in [0.1, 0.15) is 25.8 Å². The zero-order valence-electron chi connectivity index (χ0n) is 13.1. The number of hydrogen-bond donors (Lipinski definition) is 2. The van der Waals surface area contributed by atoms with E-state index in [2.05, 4.69) is 5.32 Å². The first-order valence-corrected chi connectivity index (χ1v) is 6.70. The molecule has 0 heterocycles. The number of nitrogens with one attached hydrogen (secondary N) is 1. The SMILES string of the molecule is COc1cc(OC)cc(C(C)(C)OC(=O)NCCC(=O)O)c1. The van der Waals surface area contributed by atoms with Gasteiger partial charge in [-0.3, -0.25) is 4.79 Å². The number of hydrogen-bond acceptors (Lipinski definition) is 5. The average molecular weight is 311 g/mol. The summed E-state index contributed by atoms with van der Waals surface area (Å²) in [6, 6.07) is 5.20. The van der Waals surface area contributed by atoms with E-state index in [1.165, 1.54) is 14.2 Å². The first-order valence-electron chi connectivity index (χ1n) is 6.70. The van der Waals surface area contributed by atoms with Gasteiger partial charge in [0.15, 0.2) is 0 Å². The fraction of sp³-hybridized carbons (Fsp3) is 0.467. The van der Waals surface area contributed by atoms with Crippen LogP contribution in [0, 0.1) is 0 Å². The van der Waals surface area contributed by atoms with E-state index in [-0.39, 0.29) is 13.0 Å². The largest absolute Gasteiger partial charge is 0.497 e. The number of methoxy groups -OCH3 is 2. The molecule has 0 radical (unpaired) electrons. The Morgan fingerprint density at radius 2 is 1.68 bits per heavy atom. The number of ether oxygens (including phenoxy) is 3. The van der Waals surface area contributed by atoms with Gasteiger partial charge in [0.25, 0.3) is 0 Å². The Bertz CT molecular complexity index is 519. The molecule has 1 rings (SSSR count). The fourth-order valence-corrected chi connectivity index (χ4v) is 1.75. The van der Waals surface area contributed by atoms with Crippen molar-refractivity contribution in [3.05, 3.63) is 23.8 Å². The van der Waals surface area contributed by atoms with Crippen LogP contribution in [0.2, 0.25) is 0 Å². The summed E-state index contributed by atoms with van der Waals surface area (Å²) in [5.41, 5.74) is -0.244. The van der Waals surface area contributed by atoms with Crippen LogP contribution in [0.3, 0.4) is 0 Å². The highest BCUT2D eigenvalue weighted by molar-refractivity contribution is 5.70. The van der Waals surface area contributed by atoms with Crippen LogP contribution in [0.4, 0.5) is 4.79 Å². The normalized spacial score (nSPS) is 10.7. The van der Waals surface area contributed by atoms with Gasteiger partial charge in [-0.25, -0.2) is 4.79 Å². The van der Waals surface area contributed by atoms with Crippen molar-refractivity contribution in [1.82, 2.24) is 5.32 Å². The quantitative estimate of drug-likeness (QED) is 0.801. The molecule has 122 valence electrons. The van der Waals surface area contributed by atoms with Gasteiger partial charge in [-0.05, 0) is 26.0 Å². The van der Waals surface area contributed by atoms with E-state index >= 15 is 0 Å². The van der Waals surface area contributed by atoms with Gasteiger partial charge < -0.3 is 24.6 Å². The van der Waals surface area contributed by atoms with E-state index in [0.29, 0.717) is 17.1 Å². The summed E-state index contributed by atoms with van der Waals surface area (Å²) in [6.07, 6.45) is -0.851. The molecule has 0 atom stereocenters. The maximum atomic E-state index is 11.7. The Kier molecular flexibility index (Phi) is 6.03. The molecule has 0 unspecified atom stereocenters. The van der Waals surface area contributed by atoms with Crippen LogP contribution < -0.4 is 14.8 Å². The van der Waals surface area contributed by atoms with Crippen LogP contribution in [0.15, 0.2) is 18.2 Å². The monoisotopic (exact) mass is 311 g/mol. The molecule has 0 aromatic heterocycles. The topological polar surface area (TPSA) is 94.1 Å². The van der Waals surface area contributed by atoms with Crippen molar-refractivity contribution in [2.24, 2.45) is 0 Å². The molecule has 0 bridgehead atoms. The van der Waals surface area contributed by atoms with Gasteiger partial charge in [0, 0.05) is 18.2 Å². The number of carbonyl (C=O) groups is 2. The Hall–Kier alpha value is -2.44. The minimum Gasteiger partial charge on any atom is -0.497 e. The molecule has 0 fully saturated rings. The molecule has 0 aliphatic heterocycles. The smallest absolute Gasteiger partial charge is 0.408 e. The number of carboxylic acids is 1. The molecule has 0 saturated heterocycles. The lowest BCUT2D eigenvalue weighted by Gasteiger charge is -2.26. The second-order valence-corrected chi connectivity index (χ2v) is 5.07. The van der Waals surface area contributed by atoms with Gasteiger partial charge in [-0.15, -0.1) is 0 Å². The molecular formula is C15H21NO6. The summed E-state index contributed by atoms with van der Waals surface area (Å²) in [5.74, 6) is 0.173. The maximum Gasteiger partial charge on any atom is 0.408 e. The van der Waals surface area contributed by atoms with Crippen LogP contribution in [-0.4, -0.2) is 37.9 Å². The molecule has 1 aromatic carbocycles. The molecule has 0 spiro atoms. The molecule has 1 aromatic rings. The molecule has 1 amide bonds. The molecule has 7 heteroatoms. The number of rotatable bonds is 7. The first kappa shape index (κ1) is 17.6. The van der Waals surface area contributed by atoms with Crippen LogP contribution in [-0.2, 0) is 15.1 Å². The second-order valence-electron chi connectivity index (χ2n) is 5.07. The summed E-state index contributed by atoms with van der Waals surface area (Å²) in [5, 5.41) is 10.9. The predicted octanol–water partition coefficient (Wildman–Crippen LogP) is 2.14. The van der Waals surface area contributed by atoms with Crippen LogP contribution >= 0.6 is 0 Å². The summed E-state index contributed by atoms with van der Waals surface area (Å²) >= 11 is 0. The van der Waals surface area contributed by atoms with Crippen molar-refractivity contribution in [1.29, 1.82) is 0 Å². The summed E-state index contributed by atoms with van der Waals surface area (Å²) in [4.78, 5) is 22.1.